The quantitative estimate of drug-likeness (QED) is 0.554. The summed E-state index contributed by atoms with van der Waals surface area (Å²) in [5.41, 5.74) is 1.51. The highest BCUT2D eigenvalue weighted by molar-refractivity contribution is 6.34. The second kappa shape index (κ2) is 9.24. The standard InChI is InChI=1S/C25H19N3O5/c1-2-32-19-9-7-18(8-10-19)28-24(30)21-11-6-16(14-22(21)25(28)31)23(29)27-17-4-3-5-20(15-17)33-13-12-26/h3-11,14-15H,2,13H2,1H3,(H,27,29). The maximum atomic E-state index is 13.0. The number of fused-ring (bicyclic) bond motifs is 1. The zero-order chi connectivity index (χ0) is 23.4. The lowest BCUT2D eigenvalue weighted by molar-refractivity contribution is 0.0925. The van der Waals surface area contributed by atoms with E-state index in [9.17, 15) is 14.4 Å². The summed E-state index contributed by atoms with van der Waals surface area (Å²) >= 11 is 0. The van der Waals surface area contributed by atoms with Crippen LogP contribution in [0.15, 0.2) is 66.7 Å². The van der Waals surface area contributed by atoms with Crippen molar-refractivity contribution in [2.24, 2.45) is 0 Å². The summed E-state index contributed by atoms with van der Waals surface area (Å²) in [5, 5.41) is 11.4. The molecule has 0 aliphatic carbocycles. The number of benzene rings is 3. The van der Waals surface area contributed by atoms with Gasteiger partial charge in [0, 0.05) is 17.3 Å². The number of nitrogens with one attached hydrogen (secondary N) is 1. The number of anilines is 2. The molecular weight excluding hydrogens is 422 g/mol. The Bertz CT molecular complexity index is 1280. The monoisotopic (exact) mass is 441 g/mol. The third kappa shape index (κ3) is 4.38. The van der Waals surface area contributed by atoms with Crippen molar-refractivity contribution >= 4 is 29.1 Å². The maximum Gasteiger partial charge on any atom is 0.266 e. The van der Waals surface area contributed by atoms with Gasteiger partial charge in [0.2, 0.25) is 0 Å². The number of imide groups is 1. The molecule has 33 heavy (non-hydrogen) atoms. The summed E-state index contributed by atoms with van der Waals surface area (Å²) in [6.07, 6.45) is 0. The van der Waals surface area contributed by atoms with Gasteiger partial charge in [0.1, 0.15) is 17.6 Å². The van der Waals surface area contributed by atoms with Gasteiger partial charge in [-0.25, -0.2) is 4.90 Å². The van der Waals surface area contributed by atoms with Gasteiger partial charge in [0.15, 0.2) is 6.61 Å². The number of nitriles is 1. The number of rotatable bonds is 7. The Morgan fingerprint density at radius 1 is 0.939 bits per heavy atom. The molecular formula is C25H19N3O5. The second-order valence-electron chi connectivity index (χ2n) is 7.06. The number of hydrogen-bond donors (Lipinski definition) is 1. The Kier molecular flexibility index (Phi) is 6.04. The van der Waals surface area contributed by atoms with Crippen LogP contribution < -0.4 is 19.7 Å². The molecule has 0 aromatic heterocycles. The van der Waals surface area contributed by atoms with Crippen molar-refractivity contribution in [3.8, 4) is 17.6 Å². The van der Waals surface area contributed by atoms with Crippen molar-refractivity contribution < 1.29 is 23.9 Å². The SMILES string of the molecule is CCOc1ccc(N2C(=O)c3ccc(C(=O)Nc4cccc(OCC#N)c4)cc3C2=O)cc1. The van der Waals surface area contributed by atoms with Crippen molar-refractivity contribution in [1.82, 2.24) is 0 Å². The molecule has 1 aliphatic rings. The van der Waals surface area contributed by atoms with Crippen LogP contribution in [0.4, 0.5) is 11.4 Å². The van der Waals surface area contributed by atoms with Gasteiger partial charge < -0.3 is 14.8 Å². The van der Waals surface area contributed by atoms with E-state index in [4.69, 9.17) is 14.7 Å². The van der Waals surface area contributed by atoms with Crippen LogP contribution in [-0.4, -0.2) is 30.9 Å². The Morgan fingerprint density at radius 2 is 1.70 bits per heavy atom. The fourth-order valence-electron chi connectivity index (χ4n) is 3.46. The van der Waals surface area contributed by atoms with E-state index in [2.05, 4.69) is 5.32 Å². The average Bonchev–Trinajstić information content (AvgIpc) is 3.08. The lowest BCUT2D eigenvalue weighted by atomic mass is 10.1. The van der Waals surface area contributed by atoms with E-state index in [-0.39, 0.29) is 23.3 Å². The largest absolute Gasteiger partial charge is 0.494 e. The van der Waals surface area contributed by atoms with Crippen LogP contribution in [-0.2, 0) is 0 Å². The summed E-state index contributed by atoms with van der Waals surface area (Å²) in [5.74, 6) is -0.321. The van der Waals surface area contributed by atoms with Crippen LogP contribution in [0.5, 0.6) is 11.5 Å². The highest BCUT2D eigenvalue weighted by Crippen LogP contribution is 2.30. The van der Waals surface area contributed by atoms with Gasteiger partial charge in [0.25, 0.3) is 17.7 Å². The highest BCUT2D eigenvalue weighted by Gasteiger charge is 2.37. The van der Waals surface area contributed by atoms with E-state index in [0.717, 1.165) is 4.90 Å². The third-order valence-electron chi connectivity index (χ3n) is 4.95. The van der Waals surface area contributed by atoms with Crippen molar-refractivity contribution in [1.29, 1.82) is 5.26 Å². The van der Waals surface area contributed by atoms with Crippen molar-refractivity contribution in [2.45, 2.75) is 6.92 Å². The normalized spacial score (nSPS) is 12.2. The number of hydrogen-bond acceptors (Lipinski definition) is 6. The van der Waals surface area contributed by atoms with Crippen LogP contribution >= 0.6 is 0 Å². The van der Waals surface area contributed by atoms with Crippen LogP contribution in [0.3, 0.4) is 0 Å². The Balaban J connectivity index is 1.54. The minimum absolute atomic E-state index is 0.108. The van der Waals surface area contributed by atoms with Gasteiger partial charge in [-0.15, -0.1) is 0 Å². The summed E-state index contributed by atoms with van der Waals surface area (Å²) in [4.78, 5) is 39.7. The van der Waals surface area contributed by atoms with E-state index in [1.54, 1.807) is 48.5 Å². The molecule has 0 spiro atoms. The molecule has 0 atom stereocenters. The number of ether oxygens (including phenoxy) is 2. The fourth-order valence-corrected chi connectivity index (χ4v) is 3.46. The van der Waals surface area contributed by atoms with Gasteiger partial charge in [0.05, 0.1) is 23.4 Å². The molecule has 1 N–H and O–H groups in total. The first-order valence-corrected chi connectivity index (χ1v) is 10.2. The predicted molar refractivity (Wildman–Crippen MR) is 121 cm³/mol. The summed E-state index contributed by atoms with van der Waals surface area (Å²) < 4.78 is 10.6. The van der Waals surface area contributed by atoms with Gasteiger partial charge in [-0.1, -0.05) is 6.07 Å². The van der Waals surface area contributed by atoms with Crippen molar-refractivity contribution in [3.63, 3.8) is 0 Å². The van der Waals surface area contributed by atoms with Gasteiger partial charge in [-0.2, -0.15) is 5.26 Å². The molecule has 4 rings (SSSR count). The molecule has 1 heterocycles. The summed E-state index contributed by atoms with van der Waals surface area (Å²) in [6.45, 7) is 2.27. The predicted octanol–water partition coefficient (Wildman–Crippen LogP) is 4.04. The molecule has 0 radical (unpaired) electrons. The minimum Gasteiger partial charge on any atom is -0.494 e. The number of carbonyl (C=O) groups is 3. The Morgan fingerprint density at radius 3 is 2.42 bits per heavy atom. The first-order chi connectivity index (χ1) is 16.0. The molecule has 3 aromatic carbocycles. The van der Waals surface area contributed by atoms with Crippen LogP contribution in [0.2, 0.25) is 0 Å². The van der Waals surface area contributed by atoms with Crippen LogP contribution in [0.25, 0.3) is 0 Å². The zero-order valence-electron chi connectivity index (χ0n) is 17.7. The Hall–Kier alpha value is -4.64. The second-order valence-corrected chi connectivity index (χ2v) is 7.06. The topological polar surface area (TPSA) is 109 Å². The van der Waals surface area contributed by atoms with E-state index in [1.807, 2.05) is 13.0 Å². The van der Waals surface area contributed by atoms with E-state index in [1.165, 1.54) is 18.2 Å². The number of carbonyl (C=O) groups excluding carboxylic acids is 3. The molecule has 0 saturated carbocycles. The first-order valence-electron chi connectivity index (χ1n) is 10.2. The number of nitrogens with zero attached hydrogens (tertiary/aromatic N) is 2. The summed E-state index contributed by atoms with van der Waals surface area (Å²) in [6, 6.07) is 19.5. The van der Waals surface area contributed by atoms with Gasteiger partial charge >= 0.3 is 0 Å². The minimum atomic E-state index is -0.499. The van der Waals surface area contributed by atoms with E-state index < -0.39 is 17.7 Å². The fraction of sp³-hybridized carbons (Fsp3) is 0.120. The lowest BCUT2D eigenvalue weighted by Gasteiger charge is -2.14. The van der Waals surface area contributed by atoms with Crippen LogP contribution in [0.1, 0.15) is 38.0 Å². The average molecular weight is 441 g/mol. The molecule has 3 amide bonds. The first kappa shape index (κ1) is 21.6. The van der Waals surface area contributed by atoms with Gasteiger partial charge in [-0.3, -0.25) is 14.4 Å². The Labute approximate surface area is 190 Å². The molecule has 3 aromatic rings. The van der Waals surface area contributed by atoms with Gasteiger partial charge in [-0.05, 0) is 61.5 Å². The third-order valence-corrected chi connectivity index (χ3v) is 4.95. The molecule has 0 saturated heterocycles. The number of amides is 3. The summed E-state index contributed by atoms with van der Waals surface area (Å²) in [7, 11) is 0. The molecule has 0 unspecified atom stereocenters. The molecule has 0 bridgehead atoms. The zero-order valence-corrected chi connectivity index (χ0v) is 17.7. The molecule has 8 heteroatoms. The van der Waals surface area contributed by atoms with Crippen molar-refractivity contribution in [3.05, 3.63) is 83.4 Å². The molecule has 164 valence electrons. The van der Waals surface area contributed by atoms with Crippen molar-refractivity contribution in [2.75, 3.05) is 23.4 Å². The van der Waals surface area contributed by atoms with Crippen LogP contribution in [0, 0.1) is 11.3 Å². The molecule has 8 nitrogen and oxygen atoms in total. The molecule has 0 fully saturated rings. The maximum absolute atomic E-state index is 13.0. The molecule has 1 aliphatic heterocycles. The highest BCUT2D eigenvalue weighted by atomic mass is 16.5. The van der Waals surface area contributed by atoms with E-state index in [0.29, 0.717) is 29.5 Å². The van der Waals surface area contributed by atoms with E-state index >= 15 is 0 Å². The smallest absolute Gasteiger partial charge is 0.266 e. The lowest BCUT2D eigenvalue weighted by Crippen LogP contribution is -2.29.